The van der Waals surface area contributed by atoms with Crippen molar-refractivity contribution in [1.82, 2.24) is 9.97 Å². The van der Waals surface area contributed by atoms with Crippen molar-refractivity contribution in [2.24, 2.45) is 20.5 Å². The van der Waals surface area contributed by atoms with E-state index in [2.05, 4.69) is 53.5 Å². The largest absolute Gasteiger partial charge is 0.339 e. The Kier molecular flexibility index (Phi) is 12.5. The number of thiazole rings is 1. The van der Waals surface area contributed by atoms with E-state index in [-0.39, 0.29) is 49.3 Å². The zero-order chi connectivity index (χ0) is 44.7. The fourth-order valence-corrected chi connectivity index (χ4v) is 7.47. The van der Waals surface area contributed by atoms with E-state index in [4.69, 9.17) is 4.98 Å². The van der Waals surface area contributed by atoms with Crippen LogP contribution in [0, 0.1) is 29.6 Å². The third-order valence-electron chi connectivity index (χ3n) is 8.92. The van der Waals surface area contributed by atoms with Gasteiger partial charge in [-0.1, -0.05) is 53.8 Å². The summed E-state index contributed by atoms with van der Waals surface area (Å²) in [5, 5.41) is 46.8. The van der Waals surface area contributed by atoms with Crippen LogP contribution in [-0.2, 0) is 20.2 Å². The summed E-state index contributed by atoms with van der Waals surface area (Å²) in [7, 11) is -8.97. The number of pyridine rings is 1. The van der Waals surface area contributed by atoms with Crippen LogP contribution in [0.15, 0.2) is 158 Å². The predicted molar refractivity (Wildman–Crippen MR) is 234 cm³/mol. The number of nitrogens with zero attached hydrogens (tertiary/aromatic N) is 8. The lowest BCUT2D eigenvalue weighted by molar-refractivity contribution is 0.102. The Morgan fingerprint density at radius 1 is 0.651 bits per heavy atom. The van der Waals surface area contributed by atoms with Crippen LogP contribution in [-0.4, -0.2) is 41.8 Å². The number of azo groups is 2. The number of anilines is 5. The smallest absolute Gasteiger partial charge is 0.294 e. The first-order valence-electron chi connectivity index (χ1n) is 18.1. The minimum Gasteiger partial charge on any atom is -0.339 e. The molecule has 0 radical (unpaired) electrons. The number of rotatable bonds is 13. The monoisotopic (exact) mass is 895 g/mol. The van der Waals surface area contributed by atoms with E-state index in [9.17, 15) is 41.3 Å². The van der Waals surface area contributed by atoms with Crippen LogP contribution in [0.1, 0.15) is 27.0 Å². The standard InChI is InChI=1S/C42H29N11O7S3/c1-25-34(24-44)38(45-29-15-19-32(20-16-29)62(55,56)57)49-39(46-30-17-21-33(22-18-30)63(58,59)60)36(25)51-53-42-48-37(41(61-42)52-50-35-10-6-5-9-28(35)23-43)26-11-13-31(14-12-26)47-40(54)27-7-3-2-4-8-27/h2-22H,1H3,(H,47,54)(H2,45,46,49)(H,55,56,57)(H,58,59,60). The first-order valence-corrected chi connectivity index (χ1v) is 21.8. The molecule has 1 amide bonds. The molecular weight excluding hydrogens is 867 g/mol. The van der Waals surface area contributed by atoms with E-state index in [1.165, 1.54) is 24.3 Å². The summed E-state index contributed by atoms with van der Waals surface area (Å²) in [6.07, 6.45) is 0. The minimum absolute atomic E-state index is 0.0194. The van der Waals surface area contributed by atoms with E-state index in [0.717, 1.165) is 35.6 Å². The lowest BCUT2D eigenvalue weighted by Crippen LogP contribution is -2.11. The van der Waals surface area contributed by atoms with Gasteiger partial charge in [0.05, 0.1) is 20.9 Å². The number of nitrogens with one attached hydrogen (secondary N) is 3. The average molecular weight is 896 g/mol. The molecule has 2 heterocycles. The second kappa shape index (κ2) is 18.3. The number of hydrogen-bond donors (Lipinski definition) is 5. The van der Waals surface area contributed by atoms with Gasteiger partial charge in [-0.05, 0) is 91.9 Å². The van der Waals surface area contributed by atoms with E-state index < -0.39 is 20.2 Å². The number of benzene rings is 5. The minimum atomic E-state index is -4.50. The normalized spacial score (nSPS) is 11.6. The summed E-state index contributed by atoms with van der Waals surface area (Å²) < 4.78 is 65.5. The van der Waals surface area contributed by atoms with E-state index in [1.807, 2.05) is 6.07 Å². The van der Waals surface area contributed by atoms with Gasteiger partial charge in [0.2, 0.25) is 5.13 Å². The molecule has 0 saturated carbocycles. The van der Waals surface area contributed by atoms with Gasteiger partial charge in [-0.3, -0.25) is 13.9 Å². The van der Waals surface area contributed by atoms with Gasteiger partial charge in [0, 0.05) is 33.8 Å². The summed E-state index contributed by atoms with van der Waals surface area (Å²) in [6.45, 7) is 1.59. The Balaban J connectivity index is 1.28. The Morgan fingerprint density at radius 2 is 1.22 bits per heavy atom. The molecule has 0 fully saturated rings. The van der Waals surface area contributed by atoms with Gasteiger partial charge in [0.1, 0.15) is 29.2 Å². The van der Waals surface area contributed by atoms with Crippen LogP contribution in [0.25, 0.3) is 11.3 Å². The summed E-state index contributed by atoms with van der Waals surface area (Å²) >= 11 is 1.01. The summed E-state index contributed by atoms with van der Waals surface area (Å²) in [5.74, 6) is -0.243. The Labute approximate surface area is 363 Å². The fraction of sp³-hybridized carbons (Fsp3) is 0.0238. The van der Waals surface area contributed by atoms with Crippen molar-refractivity contribution in [3.05, 3.63) is 150 Å². The zero-order valence-electron chi connectivity index (χ0n) is 32.4. The van der Waals surface area contributed by atoms with E-state index >= 15 is 0 Å². The highest BCUT2D eigenvalue weighted by Crippen LogP contribution is 2.43. The van der Waals surface area contributed by atoms with Gasteiger partial charge in [0.15, 0.2) is 16.6 Å². The van der Waals surface area contributed by atoms with Gasteiger partial charge in [-0.2, -0.15) is 27.4 Å². The maximum atomic E-state index is 12.8. The van der Waals surface area contributed by atoms with Crippen molar-refractivity contribution < 1.29 is 30.7 Å². The molecule has 0 saturated heterocycles. The Hall–Kier alpha value is -8.05. The van der Waals surface area contributed by atoms with Crippen molar-refractivity contribution in [2.45, 2.75) is 16.7 Å². The highest BCUT2D eigenvalue weighted by molar-refractivity contribution is 7.86. The zero-order valence-corrected chi connectivity index (χ0v) is 34.8. The van der Waals surface area contributed by atoms with Crippen LogP contribution >= 0.6 is 11.3 Å². The lowest BCUT2D eigenvalue weighted by Gasteiger charge is -2.16. The third-order valence-corrected chi connectivity index (χ3v) is 11.5. The van der Waals surface area contributed by atoms with Crippen LogP contribution in [0.3, 0.4) is 0 Å². The third kappa shape index (κ3) is 10.3. The van der Waals surface area contributed by atoms with Crippen molar-refractivity contribution in [2.75, 3.05) is 16.0 Å². The Morgan fingerprint density at radius 3 is 1.81 bits per heavy atom. The molecule has 2 aromatic heterocycles. The van der Waals surface area contributed by atoms with E-state index in [0.29, 0.717) is 50.1 Å². The molecule has 0 aliphatic rings. The summed E-state index contributed by atoms with van der Waals surface area (Å²) in [5.41, 5.74) is 3.53. The number of nitriles is 2. The molecule has 0 bridgehead atoms. The maximum absolute atomic E-state index is 12.8. The molecule has 5 N–H and O–H groups in total. The second-order valence-corrected chi connectivity index (χ2v) is 16.9. The molecule has 0 aliphatic heterocycles. The lowest BCUT2D eigenvalue weighted by atomic mass is 10.1. The molecule has 63 heavy (non-hydrogen) atoms. The Bertz CT molecular complexity index is 3240. The molecule has 21 heteroatoms. The van der Waals surface area contributed by atoms with Crippen LogP contribution in [0.5, 0.6) is 0 Å². The molecule has 0 atom stereocenters. The first kappa shape index (κ1) is 43.1. The quantitative estimate of drug-likeness (QED) is 0.0532. The maximum Gasteiger partial charge on any atom is 0.294 e. The van der Waals surface area contributed by atoms with E-state index in [1.54, 1.807) is 79.7 Å². The number of aromatic nitrogens is 2. The van der Waals surface area contributed by atoms with Crippen LogP contribution in [0.2, 0.25) is 0 Å². The van der Waals surface area contributed by atoms with Gasteiger partial charge < -0.3 is 16.0 Å². The molecule has 18 nitrogen and oxygen atoms in total. The van der Waals surface area contributed by atoms with Crippen LogP contribution in [0.4, 0.5) is 50.2 Å². The molecular formula is C42H29N11O7S3. The molecule has 0 unspecified atom stereocenters. The summed E-state index contributed by atoms with van der Waals surface area (Å²) in [4.78, 5) is 21.4. The predicted octanol–water partition coefficient (Wildman–Crippen LogP) is 10.3. The highest BCUT2D eigenvalue weighted by Gasteiger charge is 2.21. The van der Waals surface area contributed by atoms with Crippen LogP contribution < -0.4 is 16.0 Å². The van der Waals surface area contributed by atoms with Gasteiger partial charge >= 0.3 is 0 Å². The fourth-order valence-electron chi connectivity index (χ4n) is 5.78. The molecule has 7 aromatic rings. The van der Waals surface area contributed by atoms with Crippen molar-refractivity contribution in [1.29, 1.82) is 10.5 Å². The molecule has 7 rings (SSSR count). The highest BCUT2D eigenvalue weighted by atomic mass is 32.2. The van der Waals surface area contributed by atoms with Gasteiger partial charge in [0.25, 0.3) is 26.1 Å². The average Bonchev–Trinajstić information content (AvgIpc) is 3.68. The molecule has 0 aliphatic carbocycles. The number of carbonyl (C=O) groups is 1. The second-order valence-electron chi connectivity index (χ2n) is 13.1. The van der Waals surface area contributed by atoms with Gasteiger partial charge in [-0.15, -0.1) is 20.5 Å². The van der Waals surface area contributed by atoms with Crippen molar-refractivity contribution >= 4 is 87.7 Å². The SMILES string of the molecule is Cc1c(C#N)c(Nc2ccc(S(=O)(=O)O)cc2)nc(Nc2ccc(S(=O)(=O)O)cc2)c1N=Nc1nc(-c2ccc(NC(=O)c3ccccc3)cc2)c(N=Nc2ccccc2C#N)s1. The number of carbonyl (C=O) groups excluding carboxylic acids is 1. The number of amides is 1. The molecule has 0 spiro atoms. The van der Waals surface area contributed by atoms with Crippen molar-refractivity contribution in [3.63, 3.8) is 0 Å². The molecule has 312 valence electrons. The first-order chi connectivity index (χ1) is 30.2. The number of hydrogen-bond acceptors (Lipinski definition) is 16. The topological polar surface area (TPSA) is 285 Å². The van der Waals surface area contributed by atoms with Gasteiger partial charge in [-0.25, -0.2) is 9.97 Å². The molecule has 5 aromatic carbocycles. The van der Waals surface area contributed by atoms with Crippen molar-refractivity contribution in [3.8, 4) is 23.4 Å². The summed E-state index contributed by atoms with van der Waals surface area (Å²) in [6, 6.07) is 36.5.